The van der Waals surface area contributed by atoms with Crippen molar-refractivity contribution in [2.75, 3.05) is 18.4 Å². The maximum Gasteiger partial charge on any atom is 0.226 e. The summed E-state index contributed by atoms with van der Waals surface area (Å²) >= 11 is 0. The summed E-state index contributed by atoms with van der Waals surface area (Å²) in [6, 6.07) is 16.0. The number of benzene rings is 2. The van der Waals surface area contributed by atoms with Gasteiger partial charge in [-0.25, -0.2) is 0 Å². The van der Waals surface area contributed by atoms with Gasteiger partial charge in [0, 0.05) is 32.1 Å². The van der Waals surface area contributed by atoms with E-state index >= 15 is 0 Å². The molecule has 25 heavy (non-hydrogen) atoms. The van der Waals surface area contributed by atoms with Crippen LogP contribution in [0.1, 0.15) is 30.0 Å². The number of hydrogen-bond acceptors (Lipinski definition) is 2. The molecule has 2 aromatic rings. The number of nitrogens with one attached hydrogen (secondary N) is 1. The smallest absolute Gasteiger partial charge is 0.226 e. The average molecular weight is 338 g/mol. The lowest BCUT2D eigenvalue weighted by atomic mass is 10.1. The highest BCUT2D eigenvalue weighted by Crippen LogP contribution is 2.16. The van der Waals surface area contributed by atoms with E-state index in [0.717, 1.165) is 23.2 Å². The second-order valence-corrected chi connectivity index (χ2v) is 6.36. The summed E-state index contributed by atoms with van der Waals surface area (Å²) in [5, 5.41) is 2.94. The van der Waals surface area contributed by atoms with Gasteiger partial charge in [0.15, 0.2) is 0 Å². The summed E-state index contributed by atoms with van der Waals surface area (Å²) in [5.41, 5.74) is 4.16. The van der Waals surface area contributed by atoms with Crippen molar-refractivity contribution < 1.29 is 9.59 Å². The molecule has 0 bridgehead atoms. The van der Waals surface area contributed by atoms with E-state index in [9.17, 15) is 9.59 Å². The Balaban J connectivity index is 1.86. The van der Waals surface area contributed by atoms with Crippen LogP contribution in [-0.2, 0) is 16.0 Å². The van der Waals surface area contributed by atoms with Crippen molar-refractivity contribution in [3.63, 3.8) is 0 Å². The molecule has 0 unspecified atom stereocenters. The number of carbonyl (C=O) groups is 2. The molecule has 0 aliphatic carbocycles. The molecule has 0 aromatic heterocycles. The van der Waals surface area contributed by atoms with Crippen LogP contribution in [0.25, 0.3) is 0 Å². The van der Waals surface area contributed by atoms with Crippen molar-refractivity contribution in [2.45, 2.75) is 33.6 Å². The number of nitrogens with zero attached hydrogens (tertiary/aromatic N) is 1. The standard InChI is InChI=1S/C21H26N2O2/c1-16-9-10-17(2)20(15-16)22-21(25)12-14-23(18(3)24)13-11-19-7-5-4-6-8-19/h4-10,15H,11-14H2,1-3H3,(H,22,25). The number of rotatable bonds is 7. The summed E-state index contributed by atoms with van der Waals surface area (Å²) in [5.74, 6) is -0.0740. The van der Waals surface area contributed by atoms with Gasteiger partial charge in [-0.3, -0.25) is 9.59 Å². The fraction of sp³-hybridized carbons (Fsp3) is 0.333. The van der Waals surface area contributed by atoms with Gasteiger partial charge in [0.25, 0.3) is 0 Å². The van der Waals surface area contributed by atoms with E-state index < -0.39 is 0 Å². The third-order valence-electron chi connectivity index (χ3n) is 4.23. The van der Waals surface area contributed by atoms with Gasteiger partial charge in [-0.1, -0.05) is 42.5 Å². The Morgan fingerprint density at radius 3 is 2.40 bits per heavy atom. The number of aryl methyl sites for hydroxylation is 2. The minimum Gasteiger partial charge on any atom is -0.342 e. The van der Waals surface area contributed by atoms with Crippen LogP contribution in [0.15, 0.2) is 48.5 Å². The van der Waals surface area contributed by atoms with E-state index in [2.05, 4.69) is 5.32 Å². The molecule has 0 atom stereocenters. The largest absolute Gasteiger partial charge is 0.342 e. The van der Waals surface area contributed by atoms with Gasteiger partial charge >= 0.3 is 0 Å². The van der Waals surface area contributed by atoms with Crippen LogP contribution in [-0.4, -0.2) is 29.8 Å². The topological polar surface area (TPSA) is 49.4 Å². The summed E-state index contributed by atoms with van der Waals surface area (Å²) in [6.07, 6.45) is 1.08. The van der Waals surface area contributed by atoms with Crippen LogP contribution in [0, 0.1) is 13.8 Å². The minimum atomic E-state index is -0.0698. The Bertz CT molecular complexity index is 726. The quantitative estimate of drug-likeness (QED) is 0.836. The first-order valence-corrected chi connectivity index (χ1v) is 8.62. The zero-order chi connectivity index (χ0) is 18.2. The van der Waals surface area contributed by atoms with Crippen LogP contribution >= 0.6 is 0 Å². The molecule has 2 amide bonds. The van der Waals surface area contributed by atoms with Gasteiger partial charge in [-0.2, -0.15) is 0 Å². The molecular formula is C21H26N2O2. The van der Waals surface area contributed by atoms with Crippen molar-refractivity contribution in [3.8, 4) is 0 Å². The summed E-state index contributed by atoms with van der Waals surface area (Å²) in [4.78, 5) is 25.8. The second-order valence-electron chi connectivity index (χ2n) is 6.36. The summed E-state index contributed by atoms with van der Waals surface area (Å²) in [6.45, 7) is 6.56. The van der Waals surface area contributed by atoms with Gasteiger partial charge in [-0.05, 0) is 43.0 Å². The predicted molar refractivity (Wildman–Crippen MR) is 102 cm³/mol. The Labute approximate surface area is 149 Å². The molecule has 4 nitrogen and oxygen atoms in total. The first kappa shape index (κ1) is 18.7. The van der Waals surface area contributed by atoms with Crippen LogP contribution in [0.5, 0.6) is 0 Å². The molecule has 1 N–H and O–H groups in total. The van der Waals surface area contributed by atoms with Crippen molar-refractivity contribution in [1.29, 1.82) is 0 Å². The Kier molecular flexibility index (Phi) is 6.75. The molecule has 2 rings (SSSR count). The maximum atomic E-state index is 12.2. The van der Waals surface area contributed by atoms with Crippen molar-refractivity contribution in [3.05, 3.63) is 65.2 Å². The molecule has 0 heterocycles. The van der Waals surface area contributed by atoms with Gasteiger partial charge in [-0.15, -0.1) is 0 Å². The van der Waals surface area contributed by atoms with Crippen LogP contribution in [0.2, 0.25) is 0 Å². The van der Waals surface area contributed by atoms with E-state index in [-0.39, 0.29) is 11.8 Å². The Hall–Kier alpha value is -2.62. The summed E-state index contributed by atoms with van der Waals surface area (Å²) in [7, 11) is 0. The van der Waals surface area contributed by atoms with E-state index in [1.54, 1.807) is 11.8 Å². The molecule has 0 saturated carbocycles. The van der Waals surface area contributed by atoms with Gasteiger partial charge < -0.3 is 10.2 Å². The first-order chi connectivity index (χ1) is 12.0. The zero-order valence-electron chi connectivity index (χ0n) is 15.2. The minimum absolute atomic E-state index is 0.00420. The first-order valence-electron chi connectivity index (χ1n) is 8.62. The van der Waals surface area contributed by atoms with Crippen molar-refractivity contribution >= 4 is 17.5 Å². The van der Waals surface area contributed by atoms with Gasteiger partial charge in [0.1, 0.15) is 0 Å². The number of hydrogen-bond donors (Lipinski definition) is 1. The molecular weight excluding hydrogens is 312 g/mol. The van der Waals surface area contributed by atoms with Crippen molar-refractivity contribution in [2.24, 2.45) is 0 Å². The van der Waals surface area contributed by atoms with E-state index in [1.807, 2.05) is 62.4 Å². The number of amides is 2. The normalized spacial score (nSPS) is 10.4. The lowest BCUT2D eigenvalue weighted by molar-refractivity contribution is -0.129. The van der Waals surface area contributed by atoms with Gasteiger partial charge in [0.2, 0.25) is 11.8 Å². The maximum absolute atomic E-state index is 12.2. The lowest BCUT2D eigenvalue weighted by Gasteiger charge is -2.21. The molecule has 0 saturated heterocycles. The third kappa shape index (κ3) is 6.07. The molecule has 4 heteroatoms. The molecule has 0 fully saturated rings. The molecule has 0 radical (unpaired) electrons. The average Bonchev–Trinajstić information content (AvgIpc) is 2.58. The highest BCUT2D eigenvalue weighted by molar-refractivity contribution is 5.92. The highest BCUT2D eigenvalue weighted by atomic mass is 16.2. The Morgan fingerprint density at radius 1 is 1.00 bits per heavy atom. The van der Waals surface area contributed by atoms with Crippen molar-refractivity contribution in [1.82, 2.24) is 4.90 Å². The molecule has 0 aliphatic heterocycles. The number of carbonyl (C=O) groups excluding carboxylic acids is 2. The zero-order valence-corrected chi connectivity index (χ0v) is 15.2. The molecule has 0 spiro atoms. The Morgan fingerprint density at radius 2 is 1.72 bits per heavy atom. The molecule has 2 aromatic carbocycles. The van der Waals surface area contributed by atoms with Crippen LogP contribution < -0.4 is 5.32 Å². The SMILES string of the molecule is CC(=O)N(CCC(=O)Nc1cc(C)ccc1C)CCc1ccccc1. The second kappa shape index (κ2) is 9.02. The number of anilines is 1. The van der Waals surface area contributed by atoms with Crippen LogP contribution in [0.3, 0.4) is 0 Å². The van der Waals surface area contributed by atoms with E-state index in [0.29, 0.717) is 19.5 Å². The molecule has 132 valence electrons. The fourth-order valence-corrected chi connectivity index (χ4v) is 2.66. The molecule has 0 aliphatic rings. The fourth-order valence-electron chi connectivity index (χ4n) is 2.66. The predicted octanol–water partition coefficient (Wildman–Crippen LogP) is 3.72. The lowest BCUT2D eigenvalue weighted by Crippen LogP contribution is -2.33. The third-order valence-corrected chi connectivity index (χ3v) is 4.23. The van der Waals surface area contributed by atoms with E-state index in [1.165, 1.54) is 5.56 Å². The monoisotopic (exact) mass is 338 g/mol. The summed E-state index contributed by atoms with van der Waals surface area (Å²) < 4.78 is 0. The van der Waals surface area contributed by atoms with E-state index in [4.69, 9.17) is 0 Å². The highest BCUT2D eigenvalue weighted by Gasteiger charge is 2.12. The van der Waals surface area contributed by atoms with Crippen LogP contribution in [0.4, 0.5) is 5.69 Å². The van der Waals surface area contributed by atoms with Gasteiger partial charge in [0.05, 0.1) is 0 Å².